The number of anilines is 2. The Balaban J connectivity index is 2.10. The van der Waals surface area contributed by atoms with Crippen LogP contribution >= 0.6 is 15.9 Å². The van der Waals surface area contributed by atoms with Crippen LogP contribution in [0.25, 0.3) is 6.08 Å². The molecule has 3 N–H and O–H groups in total. The van der Waals surface area contributed by atoms with Crippen LogP contribution in [-0.2, 0) is 4.79 Å². The molecule has 1 amide bonds. The first-order chi connectivity index (χ1) is 9.95. The summed E-state index contributed by atoms with van der Waals surface area (Å²) in [6.07, 6.45) is 3.31. The van der Waals surface area contributed by atoms with Crippen LogP contribution in [0.3, 0.4) is 0 Å². The van der Waals surface area contributed by atoms with Crippen LogP contribution in [0.15, 0.2) is 46.9 Å². The summed E-state index contributed by atoms with van der Waals surface area (Å²) < 4.78 is 0.775. The monoisotopic (exact) mass is 344 g/mol. The molecule has 0 aliphatic carbocycles. The van der Waals surface area contributed by atoms with E-state index in [1.165, 1.54) is 11.6 Å². The van der Waals surface area contributed by atoms with Crippen molar-refractivity contribution in [3.8, 4) is 0 Å². The molecule has 3 nitrogen and oxygen atoms in total. The molecule has 0 bridgehead atoms. The SMILES string of the molecule is Cc1ccc(/C=C/C(=O)Nc2c(C)cc(N)cc2Br)cc1. The topological polar surface area (TPSA) is 55.1 Å². The number of carbonyl (C=O) groups excluding carboxylic acids is 1. The van der Waals surface area contributed by atoms with Gasteiger partial charge < -0.3 is 11.1 Å². The number of nitrogens with two attached hydrogens (primary N) is 1. The van der Waals surface area contributed by atoms with E-state index in [0.29, 0.717) is 5.69 Å². The summed E-state index contributed by atoms with van der Waals surface area (Å²) in [4.78, 5) is 12.0. The van der Waals surface area contributed by atoms with E-state index in [1.807, 2.05) is 44.2 Å². The first kappa shape index (κ1) is 15.3. The zero-order valence-electron chi connectivity index (χ0n) is 12.0. The molecule has 0 saturated heterocycles. The average Bonchev–Trinajstić information content (AvgIpc) is 2.42. The summed E-state index contributed by atoms with van der Waals surface area (Å²) in [7, 11) is 0. The molecule has 2 aromatic rings. The number of halogens is 1. The molecule has 0 heterocycles. The number of nitrogens with one attached hydrogen (secondary N) is 1. The van der Waals surface area contributed by atoms with Crippen LogP contribution in [0.5, 0.6) is 0 Å². The number of hydrogen-bond donors (Lipinski definition) is 2. The molecule has 0 saturated carbocycles. The Kier molecular flexibility index (Phi) is 4.81. The van der Waals surface area contributed by atoms with Gasteiger partial charge in [0.05, 0.1) is 5.69 Å². The van der Waals surface area contributed by atoms with Gasteiger partial charge in [-0.05, 0) is 59.1 Å². The normalized spacial score (nSPS) is 10.8. The third kappa shape index (κ3) is 4.20. The van der Waals surface area contributed by atoms with Gasteiger partial charge in [0.1, 0.15) is 0 Å². The molecule has 0 aliphatic heterocycles. The summed E-state index contributed by atoms with van der Waals surface area (Å²) in [5, 5.41) is 2.86. The Morgan fingerprint density at radius 1 is 1.19 bits per heavy atom. The Morgan fingerprint density at radius 3 is 2.48 bits per heavy atom. The largest absolute Gasteiger partial charge is 0.399 e. The van der Waals surface area contributed by atoms with Crippen molar-refractivity contribution in [2.24, 2.45) is 0 Å². The van der Waals surface area contributed by atoms with Crippen molar-refractivity contribution in [2.45, 2.75) is 13.8 Å². The number of carbonyl (C=O) groups is 1. The zero-order chi connectivity index (χ0) is 15.4. The lowest BCUT2D eigenvalue weighted by Gasteiger charge is -2.10. The lowest BCUT2D eigenvalue weighted by atomic mass is 10.1. The molecule has 0 aromatic heterocycles. The Hall–Kier alpha value is -2.07. The van der Waals surface area contributed by atoms with E-state index in [1.54, 1.807) is 12.1 Å². The highest BCUT2D eigenvalue weighted by Gasteiger charge is 2.07. The fourth-order valence-corrected chi connectivity index (χ4v) is 2.62. The number of amides is 1. The third-order valence-electron chi connectivity index (χ3n) is 3.06. The van der Waals surface area contributed by atoms with Gasteiger partial charge in [0.15, 0.2) is 0 Å². The highest BCUT2D eigenvalue weighted by molar-refractivity contribution is 9.10. The van der Waals surface area contributed by atoms with Gasteiger partial charge >= 0.3 is 0 Å². The standard InChI is InChI=1S/C17H17BrN2O/c1-11-3-5-13(6-4-11)7-8-16(21)20-17-12(2)9-14(19)10-15(17)18/h3-10H,19H2,1-2H3,(H,20,21)/b8-7+. The van der Waals surface area contributed by atoms with Crippen LogP contribution in [0, 0.1) is 13.8 Å². The summed E-state index contributed by atoms with van der Waals surface area (Å²) in [5.74, 6) is -0.177. The van der Waals surface area contributed by atoms with Gasteiger partial charge in [-0.25, -0.2) is 0 Å². The Morgan fingerprint density at radius 2 is 1.86 bits per heavy atom. The second kappa shape index (κ2) is 6.59. The van der Waals surface area contributed by atoms with Crippen molar-refractivity contribution in [1.29, 1.82) is 0 Å². The summed E-state index contributed by atoms with van der Waals surface area (Å²) >= 11 is 3.41. The first-order valence-electron chi connectivity index (χ1n) is 6.57. The van der Waals surface area contributed by atoms with Crippen LogP contribution in [0.4, 0.5) is 11.4 Å². The van der Waals surface area contributed by atoms with Crippen molar-refractivity contribution in [1.82, 2.24) is 0 Å². The van der Waals surface area contributed by atoms with Crippen LogP contribution < -0.4 is 11.1 Å². The predicted octanol–water partition coefficient (Wildman–Crippen LogP) is 4.30. The highest BCUT2D eigenvalue weighted by Crippen LogP contribution is 2.28. The van der Waals surface area contributed by atoms with Gasteiger partial charge in [0.25, 0.3) is 0 Å². The van der Waals surface area contributed by atoms with E-state index in [4.69, 9.17) is 5.73 Å². The van der Waals surface area contributed by atoms with Crippen molar-refractivity contribution in [2.75, 3.05) is 11.1 Å². The average molecular weight is 345 g/mol. The van der Waals surface area contributed by atoms with Gasteiger partial charge in [0, 0.05) is 16.2 Å². The minimum absolute atomic E-state index is 0.177. The van der Waals surface area contributed by atoms with Crippen molar-refractivity contribution in [3.05, 3.63) is 63.6 Å². The molecule has 2 aromatic carbocycles. The second-order valence-corrected chi connectivity index (χ2v) is 5.78. The fraction of sp³-hybridized carbons (Fsp3) is 0.118. The second-order valence-electron chi connectivity index (χ2n) is 4.93. The number of rotatable bonds is 3. The minimum atomic E-state index is -0.177. The molecule has 2 rings (SSSR count). The lowest BCUT2D eigenvalue weighted by Crippen LogP contribution is -2.10. The maximum Gasteiger partial charge on any atom is 0.248 e. The molecule has 0 radical (unpaired) electrons. The molecular formula is C17H17BrN2O. The summed E-state index contributed by atoms with van der Waals surface area (Å²) in [6, 6.07) is 11.6. The van der Waals surface area contributed by atoms with Crippen LogP contribution in [-0.4, -0.2) is 5.91 Å². The molecule has 0 aliphatic rings. The van der Waals surface area contributed by atoms with Gasteiger partial charge in [0.2, 0.25) is 5.91 Å². The summed E-state index contributed by atoms with van der Waals surface area (Å²) in [6.45, 7) is 3.93. The quantitative estimate of drug-likeness (QED) is 0.644. The minimum Gasteiger partial charge on any atom is -0.399 e. The molecule has 21 heavy (non-hydrogen) atoms. The fourth-order valence-electron chi connectivity index (χ4n) is 1.94. The maximum atomic E-state index is 12.0. The van der Waals surface area contributed by atoms with E-state index in [9.17, 15) is 4.79 Å². The molecule has 108 valence electrons. The number of hydrogen-bond acceptors (Lipinski definition) is 2. The van der Waals surface area contributed by atoms with Crippen LogP contribution in [0.2, 0.25) is 0 Å². The first-order valence-corrected chi connectivity index (χ1v) is 7.36. The van der Waals surface area contributed by atoms with Crippen molar-refractivity contribution < 1.29 is 4.79 Å². The Bertz CT molecular complexity index is 667. The highest BCUT2D eigenvalue weighted by atomic mass is 79.9. The van der Waals surface area contributed by atoms with E-state index in [2.05, 4.69) is 21.2 Å². The van der Waals surface area contributed by atoms with E-state index >= 15 is 0 Å². The van der Waals surface area contributed by atoms with Gasteiger partial charge in [-0.15, -0.1) is 0 Å². The Labute approximate surface area is 133 Å². The summed E-state index contributed by atoms with van der Waals surface area (Å²) in [5.41, 5.74) is 10.2. The predicted molar refractivity (Wildman–Crippen MR) is 92.1 cm³/mol. The van der Waals surface area contributed by atoms with E-state index in [-0.39, 0.29) is 5.91 Å². The third-order valence-corrected chi connectivity index (χ3v) is 3.69. The number of benzene rings is 2. The van der Waals surface area contributed by atoms with E-state index < -0.39 is 0 Å². The smallest absolute Gasteiger partial charge is 0.248 e. The zero-order valence-corrected chi connectivity index (χ0v) is 13.6. The molecule has 0 spiro atoms. The molecule has 0 atom stereocenters. The van der Waals surface area contributed by atoms with Crippen LogP contribution in [0.1, 0.15) is 16.7 Å². The molecule has 0 fully saturated rings. The van der Waals surface area contributed by atoms with Gasteiger partial charge in [-0.2, -0.15) is 0 Å². The molecular weight excluding hydrogens is 328 g/mol. The molecule has 4 heteroatoms. The van der Waals surface area contributed by atoms with Crippen molar-refractivity contribution in [3.63, 3.8) is 0 Å². The van der Waals surface area contributed by atoms with Gasteiger partial charge in [-0.1, -0.05) is 29.8 Å². The van der Waals surface area contributed by atoms with E-state index in [0.717, 1.165) is 21.3 Å². The van der Waals surface area contributed by atoms with Crippen molar-refractivity contribution >= 4 is 39.3 Å². The van der Waals surface area contributed by atoms with Gasteiger partial charge in [-0.3, -0.25) is 4.79 Å². The number of nitrogen functional groups attached to an aromatic ring is 1. The molecule has 0 unspecified atom stereocenters. The number of aryl methyl sites for hydroxylation is 2. The lowest BCUT2D eigenvalue weighted by molar-refractivity contribution is -0.111. The maximum absolute atomic E-state index is 12.0.